The van der Waals surface area contributed by atoms with Crippen molar-refractivity contribution < 1.29 is 0 Å². The van der Waals surface area contributed by atoms with Crippen molar-refractivity contribution in [3.05, 3.63) is 35.4 Å². The van der Waals surface area contributed by atoms with E-state index in [2.05, 4.69) is 62.3 Å². The van der Waals surface area contributed by atoms with E-state index in [1.165, 1.54) is 30.6 Å². The van der Waals surface area contributed by atoms with Crippen LogP contribution in [0.4, 0.5) is 0 Å². The minimum Gasteiger partial charge on any atom is -0.307 e. The Bertz CT molecular complexity index is 385. The summed E-state index contributed by atoms with van der Waals surface area (Å²) in [7, 11) is 2.23. The molecule has 3 unspecified atom stereocenters. The smallest absolute Gasteiger partial charge is 0.0320 e. The van der Waals surface area contributed by atoms with Crippen molar-refractivity contribution in [1.82, 2.24) is 10.2 Å². The maximum absolute atomic E-state index is 3.89. The second kappa shape index (κ2) is 6.53. The molecule has 106 valence electrons. The first-order valence-electron chi connectivity index (χ1n) is 7.61. The number of rotatable bonds is 4. The van der Waals surface area contributed by atoms with Crippen LogP contribution in [0.25, 0.3) is 0 Å². The minimum absolute atomic E-state index is 0.497. The number of hydrogen-bond acceptors (Lipinski definition) is 2. The monoisotopic (exact) mass is 260 g/mol. The third-order valence-electron chi connectivity index (χ3n) is 4.41. The molecular weight excluding hydrogens is 232 g/mol. The van der Waals surface area contributed by atoms with Crippen molar-refractivity contribution in [1.29, 1.82) is 0 Å². The molecule has 19 heavy (non-hydrogen) atoms. The topological polar surface area (TPSA) is 15.3 Å². The Labute approximate surface area is 118 Å². The maximum Gasteiger partial charge on any atom is 0.0320 e. The van der Waals surface area contributed by atoms with Gasteiger partial charge in [-0.25, -0.2) is 0 Å². The van der Waals surface area contributed by atoms with E-state index in [1.54, 1.807) is 0 Å². The van der Waals surface area contributed by atoms with Crippen LogP contribution in [0.2, 0.25) is 0 Å². The van der Waals surface area contributed by atoms with E-state index in [9.17, 15) is 0 Å². The Morgan fingerprint density at radius 2 is 2.00 bits per heavy atom. The van der Waals surface area contributed by atoms with Gasteiger partial charge in [0.25, 0.3) is 0 Å². The van der Waals surface area contributed by atoms with Crippen LogP contribution in [0.15, 0.2) is 24.3 Å². The van der Waals surface area contributed by atoms with E-state index in [1.807, 2.05) is 0 Å². The Balaban J connectivity index is 2.01. The lowest BCUT2D eigenvalue weighted by atomic mass is 9.92. The number of aryl methyl sites for hydroxylation is 1. The van der Waals surface area contributed by atoms with Gasteiger partial charge in [0.2, 0.25) is 0 Å². The quantitative estimate of drug-likeness (QED) is 0.893. The van der Waals surface area contributed by atoms with Gasteiger partial charge in [-0.05, 0) is 44.8 Å². The fraction of sp³-hybridized carbons (Fsp3) is 0.647. The lowest BCUT2D eigenvalue weighted by molar-refractivity contribution is 0.165. The number of hydrogen-bond donors (Lipinski definition) is 1. The molecule has 1 heterocycles. The SMILES string of the molecule is CCC(NC1CCN(C)CC1C)c1ccc(C)cc1. The number of nitrogens with zero attached hydrogens (tertiary/aromatic N) is 1. The molecule has 0 amide bonds. The number of nitrogens with one attached hydrogen (secondary N) is 1. The summed E-state index contributed by atoms with van der Waals surface area (Å²) in [5.41, 5.74) is 2.77. The molecule has 0 saturated carbocycles. The summed E-state index contributed by atoms with van der Waals surface area (Å²) in [5, 5.41) is 3.89. The molecule has 0 spiro atoms. The van der Waals surface area contributed by atoms with Crippen LogP contribution in [0.3, 0.4) is 0 Å². The zero-order valence-electron chi connectivity index (χ0n) is 12.8. The lowest BCUT2D eigenvalue weighted by Gasteiger charge is -2.37. The Kier molecular flexibility index (Phi) is 5.00. The van der Waals surface area contributed by atoms with Crippen LogP contribution in [0, 0.1) is 12.8 Å². The fourth-order valence-electron chi connectivity index (χ4n) is 3.11. The molecule has 2 rings (SSSR count). The van der Waals surface area contributed by atoms with Crippen LogP contribution >= 0.6 is 0 Å². The minimum atomic E-state index is 0.497. The van der Waals surface area contributed by atoms with Crippen LogP contribution in [0.5, 0.6) is 0 Å². The molecule has 2 heteroatoms. The van der Waals surface area contributed by atoms with Crippen molar-refractivity contribution in [2.75, 3.05) is 20.1 Å². The zero-order chi connectivity index (χ0) is 13.8. The van der Waals surface area contributed by atoms with Crippen molar-refractivity contribution in [2.24, 2.45) is 5.92 Å². The maximum atomic E-state index is 3.89. The highest BCUT2D eigenvalue weighted by Crippen LogP contribution is 2.23. The molecule has 1 aromatic rings. The van der Waals surface area contributed by atoms with Gasteiger partial charge in [-0.2, -0.15) is 0 Å². The first-order valence-corrected chi connectivity index (χ1v) is 7.61. The van der Waals surface area contributed by atoms with Gasteiger partial charge in [-0.1, -0.05) is 43.7 Å². The molecule has 0 aliphatic carbocycles. The van der Waals surface area contributed by atoms with E-state index in [-0.39, 0.29) is 0 Å². The summed E-state index contributed by atoms with van der Waals surface area (Å²) >= 11 is 0. The van der Waals surface area contributed by atoms with Crippen molar-refractivity contribution in [2.45, 2.75) is 45.7 Å². The van der Waals surface area contributed by atoms with E-state index in [4.69, 9.17) is 0 Å². The Morgan fingerprint density at radius 3 is 2.58 bits per heavy atom. The molecule has 1 aromatic carbocycles. The van der Waals surface area contributed by atoms with Gasteiger partial charge in [0.15, 0.2) is 0 Å². The number of likely N-dealkylation sites (tertiary alicyclic amines) is 1. The summed E-state index contributed by atoms with van der Waals surface area (Å²) in [6.07, 6.45) is 2.42. The average molecular weight is 260 g/mol. The Hall–Kier alpha value is -0.860. The molecule has 1 N–H and O–H groups in total. The molecule has 0 bridgehead atoms. The molecule has 0 radical (unpaired) electrons. The van der Waals surface area contributed by atoms with Crippen molar-refractivity contribution in [3.8, 4) is 0 Å². The molecule has 1 aliphatic heterocycles. The highest BCUT2D eigenvalue weighted by Gasteiger charge is 2.26. The molecular formula is C17H28N2. The van der Waals surface area contributed by atoms with Crippen molar-refractivity contribution >= 4 is 0 Å². The highest BCUT2D eigenvalue weighted by atomic mass is 15.1. The molecule has 1 saturated heterocycles. The predicted octanol–water partition coefficient (Wildman–Crippen LogP) is 3.38. The van der Waals surface area contributed by atoms with Gasteiger partial charge in [-0.15, -0.1) is 0 Å². The molecule has 3 atom stereocenters. The van der Waals surface area contributed by atoms with Gasteiger partial charge in [-0.3, -0.25) is 0 Å². The van der Waals surface area contributed by atoms with Crippen LogP contribution < -0.4 is 5.32 Å². The third-order valence-corrected chi connectivity index (χ3v) is 4.41. The first kappa shape index (κ1) is 14.5. The molecule has 1 fully saturated rings. The van der Waals surface area contributed by atoms with E-state index in [0.29, 0.717) is 12.1 Å². The standard InChI is InChI=1S/C17H28N2/c1-5-16(15-8-6-13(2)7-9-15)18-17-10-11-19(4)12-14(17)3/h6-9,14,16-18H,5,10-12H2,1-4H3. The highest BCUT2D eigenvalue weighted by molar-refractivity contribution is 5.24. The lowest BCUT2D eigenvalue weighted by Crippen LogP contribution is -2.47. The predicted molar refractivity (Wildman–Crippen MR) is 82.4 cm³/mol. The van der Waals surface area contributed by atoms with Gasteiger partial charge >= 0.3 is 0 Å². The zero-order valence-corrected chi connectivity index (χ0v) is 12.8. The summed E-state index contributed by atoms with van der Waals surface area (Å²) in [5.74, 6) is 0.734. The van der Waals surface area contributed by atoms with Crippen LogP contribution in [0.1, 0.15) is 43.9 Å². The van der Waals surface area contributed by atoms with E-state index >= 15 is 0 Å². The second-order valence-corrected chi connectivity index (χ2v) is 6.17. The first-order chi connectivity index (χ1) is 9.10. The van der Waals surface area contributed by atoms with Gasteiger partial charge in [0.05, 0.1) is 0 Å². The Morgan fingerprint density at radius 1 is 1.32 bits per heavy atom. The second-order valence-electron chi connectivity index (χ2n) is 6.17. The van der Waals surface area contributed by atoms with E-state index in [0.717, 1.165) is 12.3 Å². The molecule has 2 nitrogen and oxygen atoms in total. The summed E-state index contributed by atoms with van der Waals surface area (Å²) in [6.45, 7) is 9.22. The summed E-state index contributed by atoms with van der Waals surface area (Å²) < 4.78 is 0. The normalized spacial score (nSPS) is 26.3. The average Bonchev–Trinajstić information content (AvgIpc) is 2.39. The summed E-state index contributed by atoms with van der Waals surface area (Å²) in [6, 6.07) is 10.1. The van der Waals surface area contributed by atoms with Gasteiger partial charge < -0.3 is 10.2 Å². The largest absolute Gasteiger partial charge is 0.307 e. The molecule has 0 aromatic heterocycles. The third kappa shape index (κ3) is 3.80. The summed E-state index contributed by atoms with van der Waals surface area (Å²) in [4.78, 5) is 2.44. The van der Waals surface area contributed by atoms with Crippen LogP contribution in [-0.4, -0.2) is 31.1 Å². The number of benzene rings is 1. The fourth-order valence-corrected chi connectivity index (χ4v) is 3.11. The van der Waals surface area contributed by atoms with Gasteiger partial charge in [0, 0.05) is 18.6 Å². The van der Waals surface area contributed by atoms with Crippen LogP contribution in [-0.2, 0) is 0 Å². The van der Waals surface area contributed by atoms with E-state index < -0.39 is 0 Å². The van der Waals surface area contributed by atoms with Crippen molar-refractivity contribution in [3.63, 3.8) is 0 Å². The van der Waals surface area contributed by atoms with Gasteiger partial charge in [0.1, 0.15) is 0 Å². The number of piperidine rings is 1. The molecule has 1 aliphatic rings.